The third-order valence-electron chi connectivity index (χ3n) is 9.13. The highest BCUT2D eigenvalue weighted by molar-refractivity contribution is 5.56. The number of ether oxygens (including phenoxy) is 3. The average Bonchev–Trinajstić information content (AvgIpc) is 3.25. The van der Waals surface area contributed by atoms with Crippen LogP contribution in [0.3, 0.4) is 0 Å². The highest BCUT2D eigenvalue weighted by Gasteiger charge is 2.54. The van der Waals surface area contributed by atoms with Crippen molar-refractivity contribution in [1.82, 2.24) is 4.98 Å². The summed E-state index contributed by atoms with van der Waals surface area (Å²) in [5.74, 6) is -0.0202. The Morgan fingerprint density at radius 3 is 2.33 bits per heavy atom. The van der Waals surface area contributed by atoms with Gasteiger partial charge < -0.3 is 24.4 Å². The lowest BCUT2D eigenvalue weighted by molar-refractivity contribution is -0.138. The lowest BCUT2D eigenvalue weighted by Crippen LogP contribution is -2.38. The molecule has 2 aromatic rings. The molecule has 40 heavy (non-hydrogen) atoms. The predicted molar refractivity (Wildman–Crippen MR) is 136 cm³/mol. The Bertz CT molecular complexity index is 1360. The summed E-state index contributed by atoms with van der Waals surface area (Å²) >= 11 is 0. The van der Waals surface area contributed by atoms with Gasteiger partial charge in [0, 0.05) is 56.3 Å². The molecule has 0 saturated carbocycles. The molecule has 7 nitrogen and oxygen atoms in total. The van der Waals surface area contributed by atoms with Gasteiger partial charge in [-0.3, -0.25) is 4.98 Å². The molecule has 1 aromatic carbocycles. The first-order chi connectivity index (χ1) is 19.0. The molecule has 0 radical (unpaired) electrons. The predicted octanol–water partition coefficient (Wildman–Crippen LogP) is 5.49. The van der Waals surface area contributed by atoms with Crippen LogP contribution in [-0.4, -0.2) is 41.6 Å². The Hall–Kier alpha value is -2.55. The molecule has 214 valence electrons. The van der Waals surface area contributed by atoms with Crippen molar-refractivity contribution in [2.24, 2.45) is 5.41 Å². The van der Waals surface area contributed by atoms with Crippen LogP contribution in [0.1, 0.15) is 115 Å². The van der Waals surface area contributed by atoms with Gasteiger partial charge in [0.15, 0.2) is 0 Å². The lowest BCUT2D eigenvalue weighted by atomic mass is 9.68. The monoisotopic (exact) mass is 558 g/mol. The third kappa shape index (κ3) is 4.34. The van der Waals surface area contributed by atoms with Crippen molar-refractivity contribution >= 4 is 0 Å². The fourth-order valence-corrected chi connectivity index (χ4v) is 7.03. The zero-order chi connectivity index (χ0) is 28.4. The normalized spacial score (nSPS) is 27.7. The van der Waals surface area contributed by atoms with Gasteiger partial charge in [-0.15, -0.1) is 0 Å². The van der Waals surface area contributed by atoms with E-state index < -0.39 is 46.6 Å². The van der Waals surface area contributed by atoms with E-state index in [9.17, 15) is 28.6 Å². The summed E-state index contributed by atoms with van der Waals surface area (Å²) in [6.07, 6.45) is -4.60. The van der Waals surface area contributed by atoms with Crippen LogP contribution < -0.4 is 0 Å². The van der Waals surface area contributed by atoms with E-state index in [-0.39, 0.29) is 5.92 Å². The van der Waals surface area contributed by atoms with Crippen molar-refractivity contribution in [3.8, 4) is 6.07 Å². The SMILES string of the molecule is CC1(C)CC(O)c2c(nc(C3CCOCC3)c3c2C2(CCOCC2)OC3c2ccc(C(F)(F)F)c(C#N)c2)[C@@H]1O. The molecule has 2 fully saturated rings. The minimum absolute atomic E-state index is 0.0202. The Labute approximate surface area is 230 Å². The third-order valence-corrected chi connectivity index (χ3v) is 9.13. The zero-order valence-electron chi connectivity index (χ0n) is 22.6. The van der Waals surface area contributed by atoms with Crippen LogP contribution in [0.5, 0.6) is 0 Å². The molecule has 10 heteroatoms. The molecule has 0 amide bonds. The Balaban J connectivity index is 1.63. The fraction of sp³-hybridized carbons (Fsp3) is 0.600. The molecule has 0 bridgehead atoms. The quantitative estimate of drug-likeness (QED) is 0.502. The van der Waals surface area contributed by atoms with Crippen molar-refractivity contribution in [2.45, 2.75) is 82.0 Å². The van der Waals surface area contributed by atoms with Gasteiger partial charge in [0.1, 0.15) is 12.2 Å². The highest BCUT2D eigenvalue weighted by Crippen LogP contribution is 2.59. The van der Waals surface area contributed by atoms with Crippen LogP contribution >= 0.6 is 0 Å². The number of fused-ring (bicyclic) bond motifs is 4. The van der Waals surface area contributed by atoms with Crippen LogP contribution in [0.25, 0.3) is 0 Å². The maximum atomic E-state index is 13.6. The van der Waals surface area contributed by atoms with Crippen molar-refractivity contribution in [1.29, 1.82) is 5.26 Å². The summed E-state index contributed by atoms with van der Waals surface area (Å²) in [6, 6.07) is 5.28. The molecule has 4 aliphatic rings. The van der Waals surface area contributed by atoms with Gasteiger partial charge in [0.25, 0.3) is 0 Å². The standard InChI is InChI=1S/C30H33F3N2O5/c1-28(2)14-20(36)21-23-22(24(35-25(21)27(28)37)16-5-9-38-10-6-16)26(40-29(23)7-11-39-12-8-29)17-3-4-19(30(31,32)33)18(13-17)15-34/h3-4,13,16,20,26-27,36-37H,5-12,14H2,1-2H3/t20?,26?,27-/m0/s1. The second kappa shape index (κ2) is 9.78. The van der Waals surface area contributed by atoms with Crippen LogP contribution in [-0.2, 0) is 26.0 Å². The van der Waals surface area contributed by atoms with Crippen molar-refractivity contribution in [2.75, 3.05) is 26.4 Å². The van der Waals surface area contributed by atoms with E-state index in [1.807, 2.05) is 13.8 Å². The average molecular weight is 559 g/mol. The molecular formula is C30H33F3N2O5. The second-order valence-corrected chi connectivity index (χ2v) is 12.1. The molecule has 3 atom stereocenters. The lowest BCUT2D eigenvalue weighted by Gasteiger charge is -2.42. The zero-order valence-corrected chi connectivity index (χ0v) is 22.6. The van der Waals surface area contributed by atoms with Crippen LogP contribution in [0.4, 0.5) is 13.2 Å². The minimum atomic E-state index is -4.67. The molecule has 4 heterocycles. The number of nitriles is 1. The van der Waals surface area contributed by atoms with Gasteiger partial charge in [-0.05, 0) is 47.9 Å². The Kier molecular flexibility index (Phi) is 6.75. The van der Waals surface area contributed by atoms with E-state index >= 15 is 0 Å². The summed E-state index contributed by atoms with van der Waals surface area (Å²) in [5, 5.41) is 32.7. The number of aliphatic hydroxyl groups excluding tert-OH is 2. The second-order valence-electron chi connectivity index (χ2n) is 12.1. The molecular weight excluding hydrogens is 525 g/mol. The van der Waals surface area contributed by atoms with Gasteiger partial charge in [-0.2, -0.15) is 18.4 Å². The van der Waals surface area contributed by atoms with E-state index in [2.05, 4.69) is 0 Å². The molecule has 2 saturated heterocycles. The maximum absolute atomic E-state index is 13.6. The van der Waals surface area contributed by atoms with Gasteiger partial charge in [0.2, 0.25) is 0 Å². The summed E-state index contributed by atoms with van der Waals surface area (Å²) in [4.78, 5) is 5.07. The van der Waals surface area contributed by atoms with Crippen LogP contribution in [0.15, 0.2) is 18.2 Å². The largest absolute Gasteiger partial charge is 0.417 e. The maximum Gasteiger partial charge on any atom is 0.417 e. The topological polar surface area (TPSA) is 105 Å². The number of nitrogens with zero attached hydrogens (tertiary/aromatic N) is 2. The molecule has 1 aromatic heterocycles. The smallest absolute Gasteiger partial charge is 0.388 e. The van der Waals surface area contributed by atoms with E-state index in [1.165, 1.54) is 12.1 Å². The summed E-state index contributed by atoms with van der Waals surface area (Å²) < 4.78 is 59.1. The van der Waals surface area contributed by atoms with Gasteiger partial charge in [-0.1, -0.05) is 19.9 Å². The number of alkyl halides is 3. The number of pyridine rings is 1. The molecule has 3 aliphatic heterocycles. The number of hydrogen-bond acceptors (Lipinski definition) is 7. The number of aliphatic hydroxyl groups is 2. The van der Waals surface area contributed by atoms with Gasteiger partial charge >= 0.3 is 6.18 Å². The number of halogens is 3. The Morgan fingerprint density at radius 2 is 1.68 bits per heavy atom. The molecule has 1 spiro atoms. The highest BCUT2D eigenvalue weighted by atomic mass is 19.4. The summed E-state index contributed by atoms with van der Waals surface area (Å²) in [5.41, 5.74) is 0.739. The molecule has 1 aliphatic carbocycles. The first-order valence-electron chi connectivity index (χ1n) is 13.9. The van der Waals surface area contributed by atoms with Crippen molar-refractivity contribution in [3.63, 3.8) is 0 Å². The van der Waals surface area contributed by atoms with Crippen molar-refractivity contribution in [3.05, 3.63) is 63.0 Å². The van der Waals surface area contributed by atoms with E-state index in [0.29, 0.717) is 75.4 Å². The minimum Gasteiger partial charge on any atom is -0.388 e. The van der Waals surface area contributed by atoms with E-state index in [1.54, 1.807) is 6.07 Å². The fourth-order valence-electron chi connectivity index (χ4n) is 7.03. The van der Waals surface area contributed by atoms with Crippen LogP contribution in [0, 0.1) is 16.7 Å². The molecule has 6 rings (SSSR count). The molecule has 2 unspecified atom stereocenters. The van der Waals surface area contributed by atoms with E-state index in [0.717, 1.165) is 22.9 Å². The van der Waals surface area contributed by atoms with Crippen LogP contribution in [0.2, 0.25) is 0 Å². The number of aromatic nitrogens is 1. The first kappa shape index (κ1) is 27.6. The summed E-state index contributed by atoms with van der Waals surface area (Å²) in [7, 11) is 0. The molecule has 2 N–H and O–H groups in total. The number of rotatable bonds is 2. The summed E-state index contributed by atoms with van der Waals surface area (Å²) in [6.45, 7) is 5.72. The Morgan fingerprint density at radius 1 is 1.00 bits per heavy atom. The van der Waals surface area contributed by atoms with Gasteiger partial charge in [-0.25, -0.2) is 0 Å². The first-order valence-corrected chi connectivity index (χ1v) is 13.9. The van der Waals surface area contributed by atoms with E-state index in [4.69, 9.17) is 19.2 Å². The number of hydrogen-bond donors (Lipinski definition) is 2. The van der Waals surface area contributed by atoms with Crippen molar-refractivity contribution < 1.29 is 37.6 Å². The number of benzene rings is 1. The van der Waals surface area contributed by atoms with Gasteiger partial charge in [0.05, 0.1) is 40.3 Å².